The van der Waals surface area contributed by atoms with Crippen molar-refractivity contribution in [1.82, 2.24) is 4.90 Å². The first-order chi connectivity index (χ1) is 11.7. The van der Waals surface area contributed by atoms with Gasteiger partial charge in [0.1, 0.15) is 12.0 Å². The van der Waals surface area contributed by atoms with Crippen molar-refractivity contribution in [2.24, 2.45) is 0 Å². The number of rotatable bonds is 5. The lowest BCUT2D eigenvalue weighted by atomic mass is 10.0. The van der Waals surface area contributed by atoms with Gasteiger partial charge in [0.05, 0.1) is 24.2 Å². The van der Waals surface area contributed by atoms with Gasteiger partial charge in [-0.1, -0.05) is 6.07 Å². The first-order valence-corrected chi connectivity index (χ1v) is 8.51. The van der Waals surface area contributed by atoms with Crippen LogP contribution in [0.4, 0.5) is 11.4 Å². The largest absolute Gasteiger partial charge is 0.379 e. The molecule has 1 atom stereocenters. The van der Waals surface area contributed by atoms with Crippen molar-refractivity contribution >= 4 is 17.7 Å². The van der Waals surface area contributed by atoms with E-state index in [9.17, 15) is 14.9 Å². The molecule has 0 radical (unpaired) electrons. The highest BCUT2D eigenvalue weighted by atomic mass is 16.6. The number of benzene rings is 1. The zero-order valence-corrected chi connectivity index (χ0v) is 13.7. The molecule has 2 saturated heterocycles. The molecule has 1 aromatic rings. The number of anilines is 1. The second-order valence-electron chi connectivity index (χ2n) is 6.28. The van der Waals surface area contributed by atoms with Gasteiger partial charge in [-0.05, 0) is 30.9 Å². The topological polar surface area (TPSA) is 75.9 Å². The summed E-state index contributed by atoms with van der Waals surface area (Å²) in [6.45, 7) is 4.17. The number of carbonyl (C=O) groups excluding carboxylic acids is 1. The van der Waals surface area contributed by atoms with E-state index >= 15 is 0 Å². The Bertz CT molecular complexity index is 595. The molecule has 3 rings (SSSR count). The number of nitro groups is 1. The van der Waals surface area contributed by atoms with Gasteiger partial charge in [0.15, 0.2) is 0 Å². The number of hydrogen-bond acceptors (Lipinski definition) is 6. The van der Waals surface area contributed by atoms with Crippen LogP contribution in [0.15, 0.2) is 18.2 Å². The van der Waals surface area contributed by atoms with Gasteiger partial charge >= 0.3 is 0 Å². The van der Waals surface area contributed by atoms with Gasteiger partial charge in [-0.3, -0.25) is 15.0 Å². The number of ether oxygens (including phenoxy) is 1. The Balaban J connectivity index is 1.89. The summed E-state index contributed by atoms with van der Waals surface area (Å²) in [5, 5.41) is 11.6. The van der Waals surface area contributed by atoms with E-state index in [0.29, 0.717) is 37.6 Å². The summed E-state index contributed by atoms with van der Waals surface area (Å²) in [7, 11) is 0. The number of carbonyl (C=O) groups is 1. The molecule has 24 heavy (non-hydrogen) atoms. The Morgan fingerprint density at radius 3 is 2.46 bits per heavy atom. The normalized spacial score (nSPS) is 20.6. The Hall–Kier alpha value is -1.99. The Morgan fingerprint density at radius 2 is 1.83 bits per heavy atom. The van der Waals surface area contributed by atoms with Crippen LogP contribution in [0.1, 0.15) is 30.9 Å². The molecule has 130 valence electrons. The van der Waals surface area contributed by atoms with Gasteiger partial charge in [-0.2, -0.15) is 0 Å². The molecule has 0 saturated carbocycles. The Morgan fingerprint density at radius 1 is 1.12 bits per heavy atom. The molecule has 0 unspecified atom stereocenters. The van der Waals surface area contributed by atoms with E-state index in [2.05, 4.69) is 4.90 Å². The second kappa shape index (κ2) is 7.72. The summed E-state index contributed by atoms with van der Waals surface area (Å²) in [6.07, 6.45) is 4.16. The van der Waals surface area contributed by atoms with Crippen LogP contribution in [0.2, 0.25) is 0 Å². The van der Waals surface area contributed by atoms with Crippen molar-refractivity contribution in [2.45, 2.75) is 25.3 Å². The van der Waals surface area contributed by atoms with Gasteiger partial charge in [-0.25, -0.2) is 0 Å². The third-order valence-corrected chi connectivity index (χ3v) is 4.80. The fourth-order valence-corrected chi connectivity index (χ4v) is 3.50. The molecule has 2 aliphatic rings. The number of morpholine rings is 1. The zero-order valence-electron chi connectivity index (χ0n) is 13.7. The minimum atomic E-state index is -0.456. The van der Waals surface area contributed by atoms with Crippen molar-refractivity contribution < 1.29 is 14.5 Å². The van der Waals surface area contributed by atoms with Crippen LogP contribution in [-0.4, -0.2) is 55.5 Å². The molecule has 0 bridgehead atoms. The van der Waals surface area contributed by atoms with Crippen LogP contribution in [0.5, 0.6) is 0 Å². The molecule has 2 aliphatic heterocycles. The van der Waals surface area contributed by atoms with Crippen LogP contribution >= 0.6 is 0 Å². The maximum Gasteiger partial charge on any atom is 0.292 e. The monoisotopic (exact) mass is 333 g/mol. The Kier molecular flexibility index (Phi) is 5.42. The molecule has 0 N–H and O–H groups in total. The average Bonchev–Trinajstić information content (AvgIpc) is 2.64. The molecule has 2 heterocycles. The fraction of sp³-hybridized carbons (Fsp3) is 0.588. The molecule has 2 fully saturated rings. The van der Waals surface area contributed by atoms with Crippen molar-refractivity contribution in [3.8, 4) is 0 Å². The van der Waals surface area contributed by atoms with Crippen LogP contribution in [-0.2, 0) is 9.53 Å². The van der Waals surface area contributed by atoms with Crippen molar-refractivity contribution in [2.75, 3.05) is 44.3 Å². The summed E-state index contributed by atoms with van der Waals surface area (Å²) in [4.78, 5) is 26.9. The molecular weight excluding hydrogens is 310 g/mol. The molecule has 0 aliphatic carbocycles. The van der Waals surface area contributed by atoms with Crippen molar-refractivity contribution in [1.29, 1.82) is 0 Å². The predicted octanol–water partition coefficient (Wildman–Crippen LogP) is 2.16. The first kappa shape index (κ1) is 16.9. The van der Waals surface area contributed by atoms with Crippen LogP contribution < -0.4 is 4.90 Å². The van der Waals surface area contributed by atoms with E-state index in [4.69, 9.17) is 4.74 Å². The summed E-state index contributed by atoms with van der Waals surface area (Å²) in [5.41, 5.74) is 1.43. The molecule has 0 spiro atoms. The van der Waals surface area contributed by atoms with Crippen LogP contribution in [0.3, 0.4) is 0 Å². The summed E-state index contributed by atoms with van der Waals surface area (Å²) < 4.78 is 5.32. The number of nitro benzene ring substituents is 1. The lowest BCUT2D eigenvalue weighted by Gasteiger charge is -2.32. The third-order valence-electron chi connectivity index (χ3n) is 4.80. The molecule has 0 amide bonds. The third kappa shape index (κ3) is 3.57. The molecule has 7 heteroatoms. The van der Waals surface area contributed by atoms with Crippen LogP contribution in [0.25, 0.3) is 0 Å². The standard InChI is InChI=1S/C17H23N3O4/c21-13-17(19-8-10-24-11-9-19)14-4-5-15(16(12-14)20(22)23)18-6-2-1-3-7-18/h4-5,12-13,17H,1-3,6-11H2/t17-/m1/s1. The van der Waals surface area contributed by atoms with E-state index in [-0.39, 0.29) is 10.6 Å². The highest BCUT2D eigenvalue weighted by Gasteiger charge is 2.27. The maximum atomic E-state index is 11.6. The molecule has 7 nitrogen and oxygen atoms in total. The summed E-state index contributed by atoms with van der Waals surface area (Å²) in [6, 6.07) is 4.77. The maximum absolute atomic E-state index is 11.6. The Labute approximate surface area is 141 Å². The lowest BCUT2D eigenvalue weighted by molar-refractivity contribution is -0.384. The van der Waals surface area contributed by atoms with Gasteiger partial charge in [0.25, 0.3) is 5.69 Å². The minimum absolute atomic E-state index is 0.0921. The van der Waals surface area contributed by atoms with E-state index in [1.54, 1.807) is 12.1 Å². The quantitative estimate of drug-likeness (QED) is 0.467. The summed E-state index contributed by atoms with van der Waals surface area (Å²) in [5.74, 6) is 0. The minimum Gasteiger partial charge on any atom is -0.379 e. The summed E-state index contributed by atoms with van der Waals surface area (Å²) >= 11 is 0. The lowest BCUT2D eigenvalue weighted by Crippen LogP contribution is -2.39. The smallest absolute Gasteiger partial charge is 0.292 e. The number of piperidine rings is 1. The number of nitrogens with zero attached hydrogens (tertiary/aromatic N) is 3. The van der Waals surface area contributed by atoms with E-state index in [1.165, 1.54) is 6.42 Å². The van der Waals surface area contributed by atoms with Crippen molar-refractivity contribution in [3.05, 3.63) is 33.9 Å². The molecule has 0 aromatic heterocycles. The average molecular weight is 333 g/mol. The van der Waals surface area contributed by atoms with Gasteiger partial charge in [0, 0.05) is 32.2 Å². The van der Waals surface area contributed by atoms with E-state index in [0.717, 1.165) is 32.2 Å². The first-order valence-electron chi connectivity index (χ1n) is 8.51. The molecular formula is C17H23N3O4. The second-order valence-corrected chi connectivity index (χ2v) is 6.28. The SMILES string of the molecule is O=C[C@H](c1ccc(N2CCCCC2)c([N+](=O)[O-])c1)N1CCOCC1. The van der Waals surface area contributed by atoms with Crippen molar-refractivity contribution in [3.63, 3.8) is 0 Å². The number of aldehydes is 1. The highest BCUT2D eigenvalue weighted by Crippen LogP contribution is 2.34. The fourth-order valence-electron chi connectivity index (χ4n) is 3.50. The van der Waals surface area contributed by atoms with Gasteiger partial charge in [0.2, 0.25) is 0 Å². The molecule has 1 aromatic carbocycles. The van der Waals surface area contributed by atoms with E-state index in [1.807, 2.05) is 11.0 Å². The van der Waals surface area contributed by atoms with Gasteiger partial charge in [-0.15, -0.1) is 0 Å². The van der Waals surface area contributed by atoms with Gasteiger partial charge < -0.3 is 14.4 Å². The zero-order chi connectivity index (χ0) is 16.9. The van der Waals surface area contributed by atoms with Crippen LogP contribution in [0, 0.1) is 10.1 Å². The predicted molar refractivity (Wildman–Crippen MR) is 90.4 cm³/mol. The van der Waals surface area contributed by atoms with E-state index < -0.39 is 6.04 Å². The highest BCUT2D eigenvalue weighted by molar-refractivity contribution is 5.69. The number of hydrogen-bond donors (Lipinski definition) is 0.